The van der Waals surface area contributed by atoms with E-state index in [1.165, 1.54) is 24.4 Å². The van der Waals surface area contributed by atoms with E-state index in [0.29, 0.717) is 12.8 Å². The molecule has 1 aromatic rings. The molecule has 1 aromatic heterocycles. The molecule has 2 heterocycles. The zero-order valence-electron chi connectivity index (χ0n) is 30.4. The smallest absolute Gasteiger partial charge is 0.413 e. The second-order valence-electron chi connectivity index (χ2n) is 15.1. The molecule has 5 atom stereocenters. The summed E-state index contributed by atoms with van der Waals surface area (Å²) in [4.78, 5) is 85.3. The van der Waals surface area contributed by atoms with Crippen molar-refractivity contribution in [3.63, 3.8) is 0 Å². The fourth-order valence-corrected chi connectivity index (χ4v) is 7.15. The molecule has 0 bridgehead atoms. The van der Waals surface area contributed by atoms with E-state index >= 15 is 0 Å². The lowest BCUT2D eigenvalue weighted by Crippen LogP contribution is -2.60. The van der Waals surface area contributed by atoms with Crippen molar-refractivity contribution in [1.29, 1.82) is 0 Å². The fraction of sp³-hybridized carbons (Fsp3) is 0.618. The van der Waals surface area contributed by atoms with Crippen LogP contribution in [0.4, 0.5) is 15.4 Å². The van der Waals surface area contributed by atoms with Crippen LogP contribution in [-0.2, 0) is 38.6 Å². The zero-order chi connectivity index (χ0) is 38.8. The molecular formula is C34H48N6O11S. The Kier molecular flexibility index (Phi) is 11.6. The van der Waals surface area contributed by atoms with Crippen LogP contribution in [-0.4, -0.2) is 102 Å². The van der Waals surface area contributed by atoms with Crippen molar-refractivity contribution in [1.82, 2.24) is 25.2 Å². The molecule has 52 heavy (non-hydrogen) atoms. The first-order valence-corrected chi connectivity index (χ1v) is 18.6. The van der Waals surface area contributed by atoms with E-state index in [4.69, 9.17) is 14.2 Å². The standard InChI is InChI=1S/C34H48N6O11S/c1-9-19-17-34(19,29(44)39-52(47,48)21-13-14-21)38-26(41)23-16-20(50-30(45)37-25-22(12-11-15-35-25)28(43)49-10-2)18-40(23)27(42)24(32(3,4)5)36-31(46)51-33(6,7)8/h9,11-12,15,19-21,23-24H,1,10,13-14,16-18H2,2-8H3,(H,36,46)(H,38,41)(H,39,44)(H,35,37,45)/t19?,20-,23+,24-,34?/m1/s1. The average Bonchev–Trinajstić information content (AvgIpc) is 3.95. The normalized spacial score (nSPS) is 23.4. The Hall–Kier alpha value is -4.74. The number of hydrogen-bond donors (Lipinski definition) is 4. The summed E-state index contributed by atoms with van der Waals surface area (Å²) in [5.41, 5.74) is -3.47. The molecule has 0 radical (unpaired) electrons. The Morgan fingerprint density at radius 1 is 1.10 bits per heavy atom. The molecule has 2 saturated carbocycles. The summed E-state index contributed by atoms with van der Waals surface area (Å²) in [7, 11) is -3.95. The fourth-order valence-electron chi connectivity index (χ4n) is 5.79. The third kappa shape index (κ3) is 9.57. The van der Waals surface area contributed by atoms with E-state index < -0.39 is 91.8 Å². The van der Waals surface area contributed by atoms with E-state index in [1.54, 1.807) is 48.5 Å². The molecule has 1 aliphatic heterocycles. The summed E-state index contributed by atoms with van der Waals surface area (Å²) in [5.74, 6) is -3.91. The number of nitrogens with one attached hydrogen (secondary N) is 4. The third-order valence-corrected chi connectivity index (χ3v) is 10.5. The topological polar surface area (TPSA) is 228 Å². The minimum absolute atomic E-state index is 0.0310. The van der Waals surface area contributed by atoms with Gasteiger partial charge in [-0.25, -0.2) is 27.8 Å². The number of amides is 5. The summed E-state index contributed by atoms with van der Waals surface area (Å²) < 4.78 is 43.3. The Labute approximate surface area is 303 Å². The lowest BCUT2D eigenvalue weighted by Gasteiger charge is -2.36. The van der Waals surface area contributed by atoms with Crippen LogP contribution in [0.5, 0.6) is 0 Å². The monoisotopic (exact) mass is 748 g/mol. The number of carbonyl (C=O) groups excluding carboxylic acids is 6. The van der Waals surface area contributed by atoms with Gasteiger partial charge in [-0.15, -0.1) is 6.58 Å². The van der Waals surface area contributed by atoms with Gasteiger partial charge in [-0.1, -0.05) is 26.8 Å². The minimum Gasteiger partial charge on any atom is -0.462 e. The van der Waals surface area contributed by atoms with E-state index in [-0.39, 0.29) is 37.4 Å². The van der Waals surface area contributed by atoms with Crippen molar-refractivity contribution < 1.29 is 51.4 Å². The molecule has 4 rings (SSSR count). The van der Waals surface area contributed by atoms with Crippen molar-refractivity contribution in [3.05, 3.63) is 36.5 Å². The Bertz CT molecular complexity index is 1720. The lowest BCUT2D eigenvalue weighted by molar-refractivity contribution is -0.143. The Morgan fingerprint density at radius 3 is 2.33 bits per heavy atom. The van der Waals surface area contributed by atoms with Gasteiger partial charge < -0.3 is 29.7 Å². The van der Waals surface area contributed by atoms with Crippen molar-refractivity contribution in [2.75, 3.05) is 18.5 Å². The third-order valence-electron chi connectivity index (χ3n) is 8.67. The maximum atomic E-state index is 14.3. The summed E-state index contributed by atoms with van der Waals surface area (Å²) in [5, 5.41) is 6.97. The van der Waals surface area contributed by atoms with Gasteiger partial charge in [0.05, 0.1) is 18.4 Å². The summed E-state index contributed by atoms with van der Waals surface area (Å²) in [6.45, 7) is 15.2. The number of anilines is 1. The van der Waals surface area contributed by atoms with Gasteiger partial charge in [0, 0.05) is 18.5 Å². The molecule has 286 valence electrons. The Morgan fingerprint density at radius 2 is 1.77 bits per heavy atom. The molecule has 3 aliphatic rings. The van der Waals surface area contributed by atoms with Crippen molar-refractivity contribution in [2.24, 2.45) is 11.3 Å². The van der Waals surface area contributed by atoms with E-state index in [2.05, 4.69) is 32.2 Å². The molecule has 2 unspecified atom stereocenters. The van der Waals surface area contributed by atoms with Crippen LogP contribution in [0, 0.1) is 11.3 Å². The van der Waals surface area contributed by atoms with Crippen LogP contribution >= 0.6 is 0 Å². The number of esters is 1. The first-order chi connectivity index (χ1) is 24.1. The van der Waals surface area contributed by atoms with Gasteiger partial charge in [-0.2, -0.15) is 0 Å². The summed E-state index contributed by atoms with van der Waals surface area (Å²) in [6.07, 6.45) is 0.417. The van der Waals surface area contributed by atoms with Gasteiger partial charge in [0.2, 0.25) is 21.8 Å². The van der Waals surface area contributed by atoms with Gasteiger partial charge in [0.1, 0.15) is 40.7 Å². The van der Waals surface area contributed by atoms with Gasteiger partial charge in [-0.05, 0) is 64.5 Å². The largest absolute Gasteiger partial charge is 0.462 e. The number of nitrogens with zero attached hydrogens (tertiary/aromatic N) is 2. The van der Waals surface area contributed by atoms with Crippen molar-refractivity contribution in [3.8, 4) is 0 Å². The zero-order valence-corrected chi connectivity index (χ0v) is 31.3. The number of rotatable bonds is 12. The predicted octanol–water partition coefficient (Wildman–Crippen LogP) is 2.39. The second kappa shape index (κ2) is 15.1. The van der Waals surface area contributed by atoms with Crippen LogP contribution in [0.25, 0.3) is 0 Å². The highest BCUT2D eigenvalue weighted by Gasteiger charge is 2.62. The summed E-state index contributed by atoms with van der Waals surface area (Å²) in [6, 6.07) is 0.316. The van der Waals surface area contributed by atoms with Gasteiger partial charge >= 0.3 is 18.2 Å². The average molecular weight is 749 g/mol. The highest BCUT2D eigenvalue weighted by atomic mass is 32.2. The van der Waals surface area contributed by atoms with Crippen LogP contribution in [0.2, 0.25) is 0 Å². The van der Waals surface area contributed by atoms with E-state index in [0.717, 1.165) is 4.90 Å². The minimum atomic E-state index is -3.95. The Balaban J connectivity index is 1.60. The van der Waals surface area contributed by atoms with Gasteiger partial charge in [0.25, 0.3) is 5.91 Å². The number of alkyl carbamates (subject to hydrolysis) is 1. The molecular weight excluding hydrogens is 700 g/mol. The number of pyridine rings is 1. The van der Waals surface area contributed by atoms with Crippen LogP contribution < -0.4 is 20.7 Å². The van der Waals surface area contributed by atoms with E-state index in [9.17, 15) is 37.2 Å². The number of sulfonamides is 1. The maximum Gasteiger partial charge on any atom is 0.413 e. The number of carbonyl (C=O) groups is 6. The SMILES string of the molecule is C=CC1CC1(NC(=O)[C@@H]1C[C@@H](OC(=O)Nc2ncccc2C(=O)OCC)CN1C(=O)[C@@H](NC(=O)OC(C)(C)C)C(C)(C)C)C(=O)NS(=O)(=O)C1CC1. The predicted molar refractivity (Wildman–Crippen MR) is 186 cm³/mol. The molecule has 0 spiro atoms. The van der Waals surface area contributed by atoms with Crippen LogP contribution in [0.3, 0.4) is 0 Å². The first kappa shape index (κ1) is 40.0. The molecule has 17 nitrogen and oxygen atoms in total. The molecule has 1 saturated heterocycles. The molecule has 18 heteroatoms. The molecule has 5 amide bonds. The molecule has 4 N–H and O–H groups in total. The molecule has 0 aromatic carbocycles. The van der Waals surface area contributed by atoms with Crippen LogP contribution in [0.1, 0.15) is 84.5 Å². The number of aromatic nitrogens is 1. The van der Waals surface area contributed by atoms with Crippen molar-refractivity contribution in [2.45, 2.75) is 109 Å². The highest BCUT2D eigenvalue weighted by Crippen LogP contribution is 2.45. The van der Waals surface area contributed by atoms with Gasteiger partial charge in [0.15, 0.2) is 0 Å². The highest BCUT2D eigenvalue weighted by molar-refractivity contribution is 7.91. The van der Waals surface area contributed by atoms with Gasteiger partial charge in [-0.3, -0.25) is 24.4 Å². The maximum absolute atomic E-state index is 14.3. The van der Waals surface area contributed by atoms with Crippen molar-refractivity contribution >= 4 is 51.7 Å². The molecule has 3 fully saturated rings. The first-order valence-electron chi connectivity index (χ1n) is 17.0. The van der Waals surface area contributed by atoms with E-state index in [1.807, 2.05) is 0 Å². The second-order valence-corrected chi connectivity index (χ2v) is 17.1. The molecule has 2 aliphatic carbocycles. The number of ether oxygens (including phenoxy) is 3. The lowest BCUT2D eigenvalue weighted by atomic mass is 9.85. The quantitative estimate of drug-likeness (QED) is 0.137. The summed E-state index contributed by atoms with van der Waals surface area (Å²) >= 11 is 0. The number of hydrogen-bond acceptors (Lipinski definition) is 12. The number of likely N-dealkylation sites (tertiary alicyclic amines) is 1. The van der Waals surface area contributed by atoms with Crippen LogP contribution in [0.15, 0.2) is 31.0 Å².